The molecule has 2 aromatic heterocycles. The average molecular weight is 373 g/mol. The van der Waals surface area contributed by atoms with Gasteiger partial charge in [0.1, 0.15) is 5.82 Å². The molecule has 134 valence electrons. The van der Waals surface area contributed by atoms with E-state index < -0.39 is 0 Å². The fourth-order valence-electron chi connectivity index (χ4n) is 3.15. The molecule has 0 atom stereocenters. The highest BCUT2D eigenvalue weighted by Gasteiger charge is 2.14. The molecule has 0 aliphatic heterocycles. The van der Waals surface area contributed by atoms with Crippen molar-refractivity contribution in [2.24, 2.45) is 0 Å². The van der Waals surface area contributed by atoms with E-state index in [1.165, 1.54) is 16.5 Å². The number of nitrogens with zero attached hydrogens (tertiary/aromatic N) is 4. The lowest BCUT2D eigenvalue weighted by molar-refractivity contribution is 0.651. The van der Waals surface area contributed by atoms with Crippen LogP contribution in [0.2, 0.25) is 0 Å². The number of hydrogen-bond donors (Lipinski definition) is 1. The molecule has 2 aromatic carbocycles. The van der Waals surface area contributed by atoms with Gasteiger partial charge in [-0.2, -0.15) is 5.26 Å². The molecule has 6 heteroatoms. The summed E-state index contributed by atoms with van der Waals surface area (Å²) in [5, 5.41) is 19.9. The van der Waals surface area contributed by atoms with Crippen LogP contribution in [0, 0.1) is 11.3 Å². The summed E-state index contributed by atoms with van der Waals surface area (Å²) in [5.41, 5.74) is 4.23. The first-order valence-electron chi connectivity index (χ1n) is 8.87. The van der Waals surface area contributed by atoms with E-state index in [2.05, 4.69) is 57.1 Å². The van der Waals surface area contributed by atoms with Crippen LogP contribution < -0.4 is 0 Å². The zero-order valence-electron chi connectivity index (χ0n) is 15.0. The molecule has 1 N–H and O–H groups in total. The normalized spacial score (nSPS) is 11.0. The van der Waals surface area contributed by atoms with Crippen molar-refractivity contribution in [2.75, 3.05) is 0 Å². The predicted octanol–water partition coefficient (Wildman–Crippen LogP) is 4.53. The van der Waals surface area contributed by atoms with Crippen molar-refractivity contribution in [3.05, 3.63) is 77.2 Å². The van der Waals surface area contributed by atoms with Crippen molar-refractivity contribution in [3.8, 4) is 6.07 Å². The minimum Gasteiger partial charge on any atom is -0.361 e. The molecule has 0 saturated heterocycles. The van der Waals surface area contributed by atoms with E-state index in [0.29, 0.717) is 5.56 Å². The van der Waals surface area contributed by atoms with Crippen LogP contribution in [0.25, 0.3) is 10.9 Å². The lowest BCUT2D eigenvalue weighted by Gasteiger charge is -2.07. The number of benzene rings is 2. The van der Waals surface area contributed by atoms with Gasteiger partial charge in [0.15, 0.2) is 5.16 Å². The first-order chi connectivity index (χ1) is 13.3. The van der Waals surface area contributed by atoms with Crippen LogP contribution in [0.1, 0.15) is 29.4 Å². The summed E-state index contributed by atoms with van der Waals surface area (Å²) in [5.74, 6) is 1.78. The lowest BCUT2D eigenvalue weighted by Crippen LogP contribution is -2.04. The molecule has 0 aliphatic carbocycles. The van der Waals surface area contributed by atoms with E-state index in [1.807, 2.05) is 30.3 Å². The van der Waals surface area contributed by atoms with E-state index in [0.717, 1.165) is 35.2 Å². The number of aromatic amines is 1. The monoisotopic (exact) mass is 373 g/mol. The first kappa shape index (κ1) is 17.4. The SMILES string of the molecule is CCn1c(Cc2c[nH]c3ccccc23)nnc1SCc1ccc(C#N)cc1. The van der Waals surface area contributed by atoms with Crippen molar-refractivity contribution >= 4 is 22.7 Å². The first-order valence-corrected chi connectivity index (χ1v) is 9.86. The highest BCUT2D eigenvalue weighted by Crippen LogP contribution is 2.25. The molecule has 0 bridgehead atoms. The molecule has 0 radical (unpaired) electrons. The third kappa shape index (κ3) is 3.60. The van der Waals surface area contributed by atoms with Crippen LogP contribution in [0.3, 0.4) is 0 Å². The Labute approximate surface area is 162 Å². The summed E-state index contributed by atoms with van der Waals surface area (Å²) in [4.78, 5) is 3.32. The maximum absolute atomic E-state index is 8.90. The number of nitriles is 1. The second-order valence-corrected chi connectivity index (χ2v) is 7.22. The largest absolute Gasteiger partial charge is 0.361 e. The molecule has 4 aromatic rings. The standard InChI is InChI=1S/C21H19N5S/c1-2-26-20(11-17-13-23-19-6-4-3-5-18(17)19)24-25-21(26)27-14-16-9-7-15(12-22)8-10-16/h3-10,13,23H,2,11,14H2,1H3. The quantitative estimate of drug-likeness (QED) is 0.504. The Bertz CT molecular complexity index is 1100. The average Bonchev–Trinajstić information content (AvgIpc) is 3.31. The number of thioether (sulfide) groups is 1. The fourth-order valence-corrected chi connectivity index (χ4v) is 4.12. The van der Waals surface area contributed by atoms with Crippen LogP contribution in [-0.2, 0) is 18.7 Å². The molecule has 0 fully saturated rings. The summed E-state index contributed by atoms with van der Waals surface area (Å²) >= 11 is 1.67. The van der Waals surface area contributed by atoms with E-state index >= 15 is 0 Å². The Hall–Kier alpha value is -3.04. The Kier molecular flexibility index (Phi) is 4.95. The molecule has 27 heavy (non-hydrogen) atoms. The third-order valence-electron chi connectivity index (χ3n) is 4.58. The Morgan fingerprint density at radius 1 is 1.11 bits per heavy atom. The van der Waals surface area contributed by atoms with Gasteiger partial charge in [-0.3, -0.25) is 0 Å². The summed E-state index contributed by atoms with van der Waals surface area (Å²) in [7, 11) is 0. The van der Waals surface area contributed by atoms with Gasteiger partial charge in [-0.1, -0.05) is 42.1 Å². The molecule has 0 spiro atoms. The summed E-state index contributed by atoms with van der Waals surface area (Å²) < 4.78 is 2.18. The van der Waals surface area contributed by atoms with Gasteiger partial charge in [-0.25, -0.2) is 0 Å². The third-order valence-corrected chi connectivity index (χ3v) is 5.62. The summed E-state index contributed by atoms with van der Waals surface area (Å²) in [6.45, 7) is 2.95. The van der Waals surface area contributed by atoms with E-state index in [1.54, 1.807) is 11.8 Å². The Morgan fingerprint density at radius 2 is 1.93 bits per heavy atom. The van der Waals surface area contributed by atoms with Gasteiger partial charge < -0.3 is 9.55 Å². The van der Waals surface area contributed by atoms with Gasteiger partial charge in [0.2, 0.25) is 0 Å². The topological polar surface area (TPSA) is 70.3 Å². The van der Waals surface area contributed by atoms with Crippen molar-refractivity contribution in [1.29, 1.82) is 5.26 Å². The van der Waals surface area contributed by atoms with Crippen LogP contribution in [0.5, 0.6) is 0 Å². The zero-order valence-corrected chi connectivity index (χ0v) is 15.8. The van der Waals surface area contributed by atoms with Gasteiger partial charge in [0.05, 0.1) is 11.6 Å². The maximum Gasteiger partial charge on any atom is 0.191 e. The Balaban J connectivity index is 1.52. The number of rotatable bonds is 6. The number of para-hydroxylation sites is 1. The smallest absolute Gasteiger partial charge is 0.191 e. The van der Waals surface area contributed by atoms with Crippen molar-refractivity contribution < 1.29 is 0 Å². The number of nitrogens with one attached hydrogen (secondary N) is 1. The van der Waals surface area contributed by atoms with E-state index in [9.17, 15) is 0 Å². The molecule has 0 saturated carbocycles. The van der Waals surface area contributed by atoms with Gasteiger partial charge in [0, 0.05) is 35.8 Å². The van der Waals surface area contributed by atoms with Crippen LogP contribution >= 0.6 is 11.8 Å². The number of hydrogen-bond acceptors (Lipinski definition) is 4. The van der Waals surface area contributed by atoms with Gasteiger partial charge in [-0.15, -0.1) is 10.2 Å². The fraction of sp³-hybridized carbons (Fsp3) is 0.190. The van der Waals surface area contributed by atoms with Crippen LogP contribution in [-0.4, -0.2) is 19.7 Å². The van der Waals surface area contributed by atoms with Gasteiger partial charge >= 0.3 is 0 Å². The molecule has 5 nitrogen and oxygen atoms in total. The summed E-state index contributed by atoms with van der Waals surface area (Å²) in [6.07, 6.45) is 2.81. The molecule has 0 unspecified atom stereocenters. The number of aromatic nitrogens is 4. The molecular formula is C21H19N5S. The lowest BCUT2D eigenvalue weighted by atomic mass is 10.1. The van der Waals surface area contributed by atoms with E-state index in [-0.39, 0.29) is 0 Å². The predicted molar refractivity (Wildman–Crippen MR) is 108 cm³/mol. The number of H-pyrrole nitrogens is 1. The summed E-state index contributed by atoms with van der Waals surface area (Å²) in [6, 6.07) is 18.1. The highest BCUT2D eigenvalue weighted by molar-refractivity contribution is 7.98. The minimum atomic E-state index is 0.682. The van der Waals surface area contributed by atoms with E-state index in [4.69, 9.17) is 5.26 Å². The second kappa shape index (κ2) is 7.68. The van der Waals surface area contributed by atoms with Crippen LogP contribution in [0.4, 0.5) is 0 Å². The van der Waals surface area contributed by atoms with Crippen molar-refractivity contribution in [2.45, 2.75) is 30.8 Å². The minimum absolute atomic E-state index is 0.682. The molecule has 0 amide bonds. The molecule has 0 aliphatic rings. The highest BCUT2D eigenvalue weighted by atomic mass is 32.2. The number of fused-ring (bicyclic) bond motifs is 1. The van der Waals surface area contributed by atoms with Gasteiger partial charge in [0.25, 0.3) is 0 Å². The molecular weight excluding hydrogens is 354 g/mol. The Morgan fingerprint density at radius 3 is 2.70 bits per heavy atom. The van der Waals surface area contributed by atoms with Crippen LogP contribution in [0.15, 0.2) is 59.9 Å². The zero-order chi connectivity index (χ0) is 18.6. The maximum atomic E-state index is 8.90. The van der Waals surface area contributed by atoms with Gasteiger partial charge in [-0.05, 0) is 36.2 Å². The second-order valence-electron chi connectivity index (χ2n) is 6.28. The molecule has 4 rings (SSSR count). The molecule has 2 heterocycles. The van der Waals surface area contributed by atoms with Crippen molar-refractivity contribution in [1.82, 2.24) is 19.7 Å². The van der Waals surface area contributed by atoms with Crippen molar-refractivity contribution in [3.63, 3.8) is 0 Å².